The fraction of sp³-hybridized carbons (Fsp3) is 0.368. The number of aromatic amines is 1. The molecule has 1 aromatic heterocycles. The summed E-state index contributed by atoms with van der Waals surface area (Å²) in [6, 6.07) is 8.82. The molecule has 0 spiro atoms. The van der Waals surface area contributed by atoms with Crippen LogP contribution < -0.4 is 5.56 Å². The van der Waals surface area contributed by atoms with E-state index in [0.717, 1.165) is 16.7 Å². The van der Waals surface area contributed by atoms with E-state index in [9.17, 15) is 14.4 Å². The number of rotatable bonds is 3. The molecule has 7 heteroatoms. The lowest BCUT2D eigenvalue weighted by Crippen LogP contribution is -2.51. The van der Waals surface area contributed by atoms with Crippen molar-refractivity contribution in [3.05, 3.63) is 63.1 Å². The minimum absolute atomic E-state index is 0.0768. The van der Waals surface area contributed by atoms with Gasteiger partial charge in [-0.1, -0.05) is 23.8 Å². The van der Waals surface area contributed by atoms with E-state index in [4.69, 9.17) is 0 Å². The number of aryl methyl sites for hydroxylation is 2. The summed E-state index contributed by atoms with van der Waals surface area (Å²) in [4.78, 5) is 39.5. The van der Waals surface area contributed by atoms with Crippen molar-refractivity contribution in [1.82, 2.24) is 20.0 Å². The van der Waals surface area contributed by atoms with E-state index >= 15 is 0 Å². The predicted octanol–water partition coefficient (Wildman–Crippen LogP) is 0.914. The summed E-state index contributed by atoms with van der Waals surface area (Å²) in [5.74, 6) is -0.157. The number of carbonyl (C=O) groups is 2. The van der Waals surface area contributed by atoms with Gasteiger partial charge in [-0.2, -0.15) is 5.10 Å². The van der Waals surface area contributed by atoms with Crippen LogP contribution in [0.1, 0.15) is 27.2 Å². The molecule has 2 aromatic rings. The smallest absolute Gasteiger partial charge is 0.274 e. The SMILES string of the molecule is Cc1ccc(C)c(CC(=O)N2CCN(C(=O)c3ccc(=O)[nH]n3)CC2)c1. The van der Waals surface area contributed by atoms with Crippen LogP contribution in [-0.4, -0.2) is 58.0 Å². The van der Waals surface area contributed by atoms with Gasteiger partial charge in [0.2, 0.25) is 5.91 Å². The standard InChI is InChI=1S/C19H22N4O3/c1-13-3-4-14(2)15(11-13)12-18(25)22-7-9-23(10-8-22)19(26)16-5-6-17(24)21-20-16/h3-6,11H,7-10,12H2,1-2H3,(H,21,24). The normalized spacial score (nSPS) is 14.4. The molecule has 26 heavy (non-hydrogen) atoms. The number of benzene rings is 1. The van der Waals surface area contributed by atoms with Gasteiger partial charge in [0.15, 0.2) is 0 Å². The lowest BCUT2D eigenvalue weighted by molar-refractivity contribution is -0.131. The fourth-order valence-corrected chi connectivity index (χ4v) is 3.05. The zero-order chi connectivity index (χ0) is 18.7. The zero-order valence-corrected chi connectivity index (χ0v) is 15.0. The van der Waals surface area contributed by atoms with Gasteiger partial charge in [-0.25, -0.2) is 5.10 Å². The van der Waals surface area contributed by atoms with E-state index < -0.39 is 0 Å². The monoisotopic (exact) mass is 354 g/mol. The van der Waals surface area contributed by atoms with Crippen LogP contribution in [0.3, 0.4) is 0 Å². The highest BCUT2D eigenvalue weighted by Crippen LogP contribution is 2.14. The summed E-state index contributed by atoms with van der Waals surface area (Å²) in [6.45, 7) is 5.94. The Morgan fingerprint density at radius 1 is 1.04 bits per heavy atom. The number of carbonyl (C=O) groups excluding carboxylic acids is 2. The third-order valence-electron chi connectivity index (χ3n) is 4.66. The second-order valence-corrected chi connectivity index (χ2v) is 6.59. The van der Waals surface area contributed by atoms with E-state index in [1.54, 1.807) is 9.80 Å². The Kier molecular flexibility index (Phi) is 5.16. The molecule has 0 saturated carbocycles. The summed E-state index contributed by atoms with van der Waals surface area (Å²) in [5.41, 5.74) is 3.17. The fourth-order valence-electron chi connectivity index (χ4n) is 3.05. The van der Waals surface area contributed by atoms with Gasteiger partial charge in [-0.05, 0) is 31.0 Å². The highest BCUT2D eigenvalue weighted by molar-refractivity contribution is 5.92. The van der Waals surface area contributed by atoms with Crippen molar-refractivity contribution in [3.8, 4) is 0 Å². The lowest BCUT2D eigenvalue weighted by Gasteiger charge is -2.34. The van der Waals surface area contributed by atoms with Crippen molar-refractivity contribution in [1.29, 1.82) is 0 Å². The average molecular weight is 354 g/mol. The van der Waals surface area contributed by atoms with Crippen LogP contribution in [0.5, 0.6) is 0 Å². The van der Waals surface area contributed by atoms with Gasteiger partial charge >= 0.3 is 0 Å². The maximum absolute atomic E-state index is 12.6. The van der Waals surface area contributed by atoms with Gasteiger partial charge in [-0.3, -0.25) is 14.4 Å². The van der Waals surface area contributed by atoms with Crippen LogP contribution in [0.15, 0.2) is 35.1 Å². The van der Waals surface area contributed by atoms with E-state index in [0.29, 0.717) is 32.6 Å². The maximum Gasteiger partial charge on any atom is 0.274 e. The molecular weight excluding hydrogens is 332 g/mol. The van der Waals surface area contributed by atoms with Gasteiger partial charge < -0.3 is 9.80 Å². The Hall–Kier alpha value is -2.96. The van der Waals surface area contributed by atoms with Gasteiger partial charge in [0, 0.05) is 32.2 Å². The summed E-state index contributed by atoms with van der Waals surface area (Å²) in [6.07, 6.45) is 0.378. The quantitative estimate of drug-likeness (QED) is 0.888. The Morgan fingerprint density at radius 3 is 2.38 bits per heavy atom. The molecule has 1 saturated heterocycles. The molecule has 2 amide bonds. The van der Waals surface area contributed by atoms with Crippen molar-refractivity contribution in [2.75, 3.05) is 26.2 Å². The molecule has 3 rings (SSSR count). The van der Waals surface area contributed by atoms with Crippen LogP contribution >= 0.6 is 0 Å². The number of aromatic nitrogens is 2. The third kappa shape index (κ3) is 3.99. The van der Waals surface area contributed by atoms with Crippen molar-refractivity contribution >= 4 is 11.8 Å². The Labute approximate surface area is 151 Å². The minimum Gasteiger partial charge on any atom is -0.339 e. The third-order valence-corrected chi connectivity index (χ3v) is 4.66. The molecule has 7 nitrogen and oxygen atoms in total. The minimum atomic E-state index is -0.344. The summed E-state index contributed by atoms with van der Waals surface area (Å²) in [7, 11) is 0. The van der Waals surface area contributed by atoms with Gasteiger partial charge in [0.25, 0.3) is 11.5 Å². The van der Waals surface area contributed by atoms with E-state index in [2.05, 4.69) is 16.3 Å². The van der Waals surface area contributed by atoms with Crippen molar-refractivity contribution in [2.45, 2.75) is 20.3 Å². The Bertz CT molecular complexity index is 862. The van der Waals surface area contributed by atoms with Crippen LogP contribution in [0.25, 0.3) is 0 Å². The number of piperazine rings is 1. The second kappa shape index (κ2) is 7.51. The molecule has 1 fully saturated rings. The molecule has 2 heterocycles. The Balaban J connectivity index is 1.58. The first-order valence-corrected chi connectivity index (χ1v) is 8.63. The van der Waals surface area contributed by atoms with Gasteiger partial charge in [0.05, 0.1) is 6.42 Å². The number of H-pyrrole nitrogens is 1. The first-order chi connectivity index (χ1) is 12.4. The number of nitrogens with one attached hydrogen (secondary N) is 1. The maximum atomic E-state index is 12.6. The molecule has 0 radical (unpaired) electrons. The largest absolute Gasteiger partial charge is 0.339 e. The molecule has 0 atom stereocenters. The molecule has 0 aliphatic carbocycles. The summed E-state index contributed by atoms with van der Waals surface area (Å²) >= 11 is 0. The molecule has 0 bridgehead atoms. The number of hydrogen-bond donors (Lipinski definition) is 1. The molecule has 1 aliphatic heterocycles. The van der Waals surface area contributed by atoms with Crippen molar-refractivity contribution in [2.24, 2.45) is 0 Å². The van der Waals surface area contributed by atoms with E-state index in [1.807, 2.05) is 26.0 Å². The second-order valence-electron chi connectivity index (χ2n) is 6.59. The first kappa shape index (κ1) is 17.8. The van der Waals surface area contributed by atoms with Crippen LogP contribution in [0.2, 0.25) is 0 Å². The lowest BCUT2D eigenvalue weighted by atomic mass is 10.0. The number of amides is 2. The summed E-state index contributed by atoms with van der Waals surface area (Å²) in [5, 5.41) is 6.04. The average Bonchev–Trinajstić information content (AvgIpc) is 2.65. The van der Waals surface area contributed by atoms with Crippen molar-refractivity contribution in [3.63, 3.8) is 0 Å². The zero-order valence-electron chi connectivity index (χ0n) is 15.0. The molecule has 1 aromatic carbocycles. The summed E-state index contributed by atoms with van der Waals surface area (Å²) < 4.78 is 0. The molecule has 1 N–H and O–H groups in total. The number of nitrogens with zero attached hydrogens (tertiary/aromatic N) is 3. The van der Waals surface area contributed by atoms with Gasteiger partial charge in [0.1, 0.15) is 5.69 Å². The van der Waals surface area contributed by atoms with E-state index in [-0.39, 0.29) is 23.1 Å². The van der Waals surface area contributed by atoms with Crippen molar-refractivity contribution < 1.29 is 9.59 Å². The molecule has 1 aliphatic rings. The Morgan fingerprint density at radius 2 is 1.73 bits per heavy atom. The molecule has 0 unspecified atom stereocenters. The predicted molar refractivity (Wildman–Crippen MR) is 97.0 cm³/mol. The molecular formula is C19H22N4O3. The number of hydrogen-bond acceptors (Lipinski definition) is 4. The molecule has 136 valence electrons. The van der Waals surface area contributed by atoms with Crippen LogP contribution in [0.4, 0.5) is 0 Å². The highest BCUT2D eigenvalue weighted by atomic mass is 16.2. The van der Waals surface area contributed by atoms with E-state index in [1.165, 1.54) is 12.1 Å². The van der Waals surface area contributed by atoms with Crippen LogP contribution in [0, 0.1) is 13.8 Å². The highest BCUT2D eigenvalue weighted by Gasteiger charge is 2.25. The first-order valence-electron chi connectivity index (χ1n) is 8.63. The topological polar surface area (TPSA) is 86.4 Å². The van der Waals surface area contributed by atoms with Crippen LogP contribution in [-0.2, 0) is 11.2 Å². The van der Waals surface area contributed by atoms with Gasteiger partial charge in [-0.15, -0.1) is 0 Å².